The van der Waals surface area contributed by atoms with Crippen molar-refractivity contribution in [2.24, 2.45) is 0 Å². The first-order valence-corrected chi connectivity index (χ1v) is 12.1. The highest BCUT2D eigenvalue weighted by atomic mass is 32.1. The molecule has 5 rings (SSSR count). The van der Waals surface area contributed by atoms with Crippen molar-refractivity contribution >= 4 is 33.2 Å². The van der Waals surface area contributed by atoms with Crippen molar-refractivity contribution in [3.63, 3.8) is 0 Å². The van der Waals surface area contributed by atoms with E-state index in [0.717, 1.165) is 46.0 Å². The molecule has 1 saturated heterocycles. The predicted octanol–water partition coefficient (Wildman–Crippen LogP) is 6.03. The molecular weight excluding hydrogens is 418 g/mol. The predicted molar refractivity (Wildman–Crippen MR) is 132 cm³/mol. The Balaban J connectivity index is 1.45. The number of piperidine rings is 1. The summed E-state index contributed by atoms with van der Waals surface area (Å²) < 4.78 is 7.26. The van der Waals surface area contributed by atoms with Gasteiger partial charge in [0.05, 0.1) is 28.2 Å². The lowest BCUT2D eigenvalue weighted by molar-refractivity contribution is 0.241. The number of anilines is 2. The molecule has 0 atom stereocenters. The minimum absolute atomic E-state index is 0.0862. The Kier molecular flexibility index (Phi) is 5.85. The maximum Gasteiger partial charge on any atom is 0.227 e. The summed E-state index contributed by atoms with van der Waals surface area (Å²) in [5, 5.41) is 5.53. The summed E-state index contributed by atoms with van der Waals surface area (Å²) in [6.45, 7) is 6.40. The molecule has 0 radical (unpaired) electrons. The third kappa shape index (κ3) is 4.36. The summed E-state index contributed by atoms with van der Waals surface area (Å²) in [5.74, 6) is 2.01. The van der Waals surface area contributed by atoms with Crippen LogP contribution < -0.4 is 10.1 Å². The van der Waals surface area contributed by atoms with Gasteiger partial charge in [-0.2, -0.15) is 0 Å². The second-order valence-corrected chi connectivity index (χ2v) is 9.68. The van der Waals surface area contributed by atoms with E-state index in [1.54, 1.807) is 11.3 Å². The minimum atomic E-state index is 0.0862. The van der Waals surface area contributed by atoms with Crippen molar-refractivity contribution in [2.75, 3.05) is 25.5 Å². The zero-order valence-electron chi connectivity index (χ0n) is 18.8. The van der Waals surface area contributed by atoms with Gasteiger partial charge in [0.1, 0.15) is 5.75 Å². The quantitative estimate of drug-likeness (QED) is 0.378. The van der Waals surface area contributed by atoms with Crippen LogP contribution in [0, 0.1) is 0 Å². The summed E-state index contributed by atoms with van der Waals surface area (Å²) >= 11 is 1.66. The van der Waals surface area contributed by atoms with Gasteiger partial charge in [0, 0.05) is 22.8 Å². The molecule has 1 aromatic carbocycles. The highest BCUT2D eigenvalue weighted by molar-refractivity contribution is 7.17. The van der Waals surface area contributed by atoms with Crippen LogP contribution in [0.3, 0.4) is 0 Å². The Morgan fingerprint density at radius 2 is 2.06 bits per heavy atom. The van der Waals surface area contributed by atoms with Crippen LogP contribution in [-0.2, 0) is 0 Å². The molecule has 0 amide bonds. The van der Waals surface area contributed by atoms with Gasteiger partial charge in [0.15, 0.2) is 0 Å². The first kappa shape index (κ1) is 21.0. The van der Waals surface area contributed by atoms with Crippen LogP contribution in [0.1, 0.15) is 38.2 Å². The van der Waals surface area contributed by atoms with Crippen LogP contribution in [-0.4, -0.2) is 46.1 Å². The largest absolute Gasteiger partial charge is 0.489 e. The Labute approximate surface area is 192 Å². The zero-order chi connectivity index (χ0) is 22.1. The van der Waals surface area contributed by atoms with Gasteiger partial charge < -0.3 is 19.9 Å². The van der Waals surface area contributed by atoms with Crippen molar-refractivity contribution < 1.29 is 4.74 Å². The molecule has 2 N–H and O–H groups in total. The fourth-order valence-corrected chi connectivity index (χ4v) is 5.15. The number of benzene rings is 1. The molecule has 1 aliphatic heterocycles. The number of thiophene rings is 1. The molecule has 0 bridgehead atoms. The number of nitrogens with one attached hydrogen (secondary N) is 2. The third-order valence-electron chi connectivity index (χ3n) is 6.01. The lowest BCUT2D eigenvalue weighted by atomic mass is 9.89. The normalized spacial score (nSPS) is 15.5. The molecule has 32 heavy (non-hydrogen) atoms. The van der Waals surface area contributed by atoms with Crippen LogP contribution in [0.25, 0.3) is 21.5 Å². The number of aromatic amines is 1. The second-order valence-electron chi connectivity index (χ2n) is 8.76. The van der Waals surface area contributed by atoms with E-state index in [4.69, 9.17) is 9.72 Å². The molecule has 7 heteroatoms. The number of rotatable bonds is 6. The van der Waals surface area contributed by atoms with Crippen molar-refractivity contribution in [1.82, 2.24) is 19.9 Å². The number of fused-ring (bicyclic) bond motifs is 1. The topological polar surface area (TPSA) is 66.1 Å². The van der Waals surface area contributed by atoms with Gasteiger partial charge in [-0.25, -0.2) is 9.97 Å². The molecule has 6 nitrogen and oxygen atoms in total. The number of hydrogen-bond acceptors (Lipinski definition) is 6. The van der Waals surface area contributed by atoms with Gasteiger partial charge in [0.2, 0.25) is 5.95 Å². The molecule has 0 spiro atoms. The Morgan fingerprint density at radius 1 is 1.22 bits per heavy atom. The van der Waals surface area contributed by atoms with E-state index in [0.29, 0.717) is 11.9 Å². The van der Waals surface area contributed by atoms with Gasteiger partial charge in [-0.1, -0.05) is 6.07 Å². The van der Waals surface area contributed by atoms with E-state index in [-0.39, 0.29) is 6.10 Å². The van der Waals surface area contributed by atoms with Crippen molar-refractivity contribution in [3.8, 4) is 17.0 Å². The Morgan fingerprint density at radius 3 is 2.81 bits per heavy atom. The number of nitrogens with zero attached hydrogens (tertiary/aromatic N) is 3. The Hall–Kier alpha value is -2.90. The molecule has 4 aromatic rings. The highest BCUT2D eigenvalue weighted by Gasteiger charge is 2.20. The SMILES string of the molecule is CC(C)Oc1cc(C2CCN(C)CC2)ccc1Nc1ncc2scc(-c3ccc[nH]3)c2n1. The Bertz CT molecular complexity index is 1190. The van der Waals surface area contributed by atoms with E-state index < -0.39 is 0 Å². The highest BCUT2D eigenvalue weighted by Crippen LogP contribution is 2.36. The smallest absolute Gasteiger partial charge is 0.227 e. The van der Waals surface area contributed by atoms with Crippen molar-refractivity contribution in [2.45, 2.75) is 38.7 Å². The van der Waals surface area contributed by atoms with Crippen LogP contribution in [0.5, 0.6) is 5.75 Å². The van der Waals surface area contributed by atoms with Gasteiger partial charge >= 0.3 is 0 Å². The van der Waals surface area contributed by atoms with Gasteiger partial charge in [-0.3, -0.25) is 0 Å². The average Bonchev–Trinajstić information content (AvgIpc) is 3.44. The number of aromatic nitrogens is 3. The van der Waals surface area contributed by atoms with E-state index in [9.17, 15) is 0 Å². The average molecular weight is 448 g/mol. The fraction of sp³-hybridized carbons (Fsp3) is 0.360. The minimum Gasteiger partial charge on any atom is -0.489 e. The number of likely N-dealkylation sites (tertiary alicyclic amines) is 1. The van der Waals surface area contributed by atoms with Gasteiger partial charge in [-0.05, 0) is 82.6 Å². The molecule has 166 valence electrons. The van der Waals surface area contributed by atoms with E-state index in [1.807, 2.05) is 18.5 Å². The number of hydrogen-bond donors (Lipinski definition) is 2. The van der Waals surface area contributed by atoms with Gasteiger partial charge in [0.25, 0.3) is 0 Å². The zero-order valence-corrected chi connectivity index (χ0v) is 19.6. The molecule has 3 aromatic heterocycles. The van der Waals surface area contributed by atoms with Crippen LogP contribution in [0.15, 0.2) is 48.1 Å². The van der Waals surface area contributed by atoms with E-state index >= 15 is 0 Å². The fourth-order valence-electron chi connectivity index (χ4n) is 4.29. The molecule has 1 fully saturated rings. The van der Waals surface area contributed by atoms with Crippen LogP contribution in [0.4, 0.5) is 11.6 Å². The molecule has 0 unspecified atom stereocenters. The van der Waals surface area contributed by atoms with Crippen molar-refractivity contribution in [3.05, 3.63) is 53.7 Å². The molecule has 0 aliphatic carbocycles. The van der Waals surface area contributed by atoms with E-state index in [2.05, 4.69) is 70.7 Å². The van der Waals surface area contributed by atoms with E-state index in [1.165, 1.54) is 18.4 Å². The summed E-state index contributed by atoms with van der Waals surface area (Å²) in [5.41, 5.74) is 5.35. The molecule has 0 saturated carbocycles. The summed E-state index contributed by atoms with van der Waals surface area (Å²) in [6.07, 6.45) is 6.27. The summed E-state index contributed by atoms with van der Waals surface area (Å²) in [7, 11) is 2.20. The third-order valence-corrected chi connectivity index (χ3v) is 6.91. The summed E-state index contributed by atoms with van der Waals surface area (Å²) in [6, 6.07) is 10.6. The molecular formula is C25H29N5OS. The lowest BCUT2D eigenvalue weighted by Gasteiger charge is -2.29. The van der Waals surface area contributed by atoms with Crippen molar-refractivity contribution in [1.29, 1.82) is 0 Å². The van der Waals surface area contributed by atoms with Crippen LogP contribution in [0.2, 0.25) is 0 Å². The maximum atomic E-state index is 6.19. The number of H-pyrrole nitrogens is 1. The monoisotopic (exact) mass is 447 g/mol. The summed E-state index contributed by atoms with van der Waals surface area (Å²) in [4.78, 5) is 15.1. The van der Waals surface area contributed by atoms with Gasteiger partial charge in [-0.15, -0.1) is 11.3 Å². The second kappa shape index (κ2) is 8.92. The first-order chi connectivity index (χ1) is 15.6. The molecule has 4 heterocycles. The first-order valence-electron chi connectivity index (χ1n) is 11.2. The van der Waals surface area contributed by atoms with Crippen LogP contribution >= 0.6 is 11.3 Å². The maximum absolute atomic E-state index is 6.19. The lowest BCUT2D eigenvalue weighted by Crippen LogP contribution is -2.29. The standard InChI is InChI=1S/C25H29N5OS/c1-16(2)31-22-13-18(17-8-11-30(3)12-9-17)6-7-21(22)28-25-27-14-23-24(29-25)19(15-32-23)20-5-4-10-26-20/h4-7,10,13-17,26H,8-9,11-12H2,1-3H3,(H,27,28,29). The number of ether oxygens (including phenoxy) is 1. The molecule has 1 aliphatic rings.